The minimum absolute atomic E-state index is 0.0756. The van der Waals surface area contributed by atoms with Gasteiger partial charge in [-0.2, -0.15) is 0 Å². The van der Waals surface area contributed by atoms with E-state index in [1.807, 2.05) is 7.05 Å². The van der Waals surface area contributed by atoms with E-state index in [2.05, 4.69) is 4.90 Å². The summed E-state index contributed by atoms with van der Waals surface area (Å²) in [7, 11) is 2.03. The zero-order valence-corrected chi connectivity index (χ0v) is 11.5. The van der Waals surface area contributed by atoms with Crippen LogP contribution in [-0.2, 0) is 4.74 Å². The molecule has 4 nitrogen and oxygen atoms in total. The summed E-state index contributed by atoms with van der Waals surface area (Å²) in [5, 5.41) is 0. The van der Waals surface area contributed by atoms with Gasteiger partial charge in [-0.1, -0.05) is 19.3 Å². The molecule has 3 rings (SSSR count). The van der Waals surface area contributed by atoms with Gasteiger partial charge < -0.3 is 15.4 Å². The second-order valence-electron chi connectivity index (χ2n) is 6.38. The number of hydrogen-bond acceptors (Lipinski definition) is 4. The van der Waals surface area contributed by atoms with Crippen LogP contribution in [0.25, 0.3) is 0 Å². The van der Waals surface area contributed by atoms with E-state index in [-0.39, 0.29) is 11.1 Å². The van der Waals surface area contributed by atoms with E-state index in [0.717, 1.165) is 32.4 Å². The molecule has 3 aliphatic rings. The number of rotatable bonds is 0. The van der Waals surface area contributed by atoms with Crippen molar-refractivity contribution in [2.24, 2.45) is 10.7 Å². The van der Waals surface area contributed by atoms with Crippen molar-refractivity contribution in [3.8, 4) is 0 Å². The van der Waals surface area contributed by atoms with Crippen LogP contribution < -0.4 is 5.73 Å². The Morgan fingerprint density at radius 1 is 1.17 bits per heavy atom. The average molecular weight is 251 g/mol. The Morgan fingerprint density at radius 2 is 1.94 bits per heavy atom. The molecule has 2 fully saturated rings. The second kappa shape index (κ2) is 4.41. The molecule has 18 heavy (non-hydrogen) atoms. The van der Waals surface area contributed by atoms with E-state index in [1.165, 1.54) is 32.1 Å². The summed E-state index contributed by atoms with van der Waals surface area (Å²) in [6.07, 6.45) is 9.71. The van der Waals surface area contributed by atoms with Gasteiger partial charge in [0.05, 0.1) is 11.1 Å². The fourth-order valence-electron chi connectivity index (χ4n) is 3.90. The highest BCUT2D eigenvalue weighted by molar-refractivity contribution is 5.79. The molecule has 2 aliphatic heterocycles. The lowest BCUT2D eigenvalue weighted by Crippen LogP contribution is -2.54. The number of hydrogen-bond donors (Lipinski definition) is 1. The van der Waals surface area contributed by atoms with Crippen LogP contribution in [0.3, 0.4) is 0 Å². The van der Waals surface area contributed by atoms with Crippen molar-refractivity contribution in [3.63, 3.8) is 0 Å². The first-order valence-electron chi connectivity index (χ1n) is 7.34. The highest BCUT2D eigenvalue weighted by atomic mass is 16.5. The van der Waals surface area contributed by atoms with Crippen molar-refractivity contribution < 1.29 is 4.74 Å². The number of aliphatic imine (C=N–C) groups is 1. The molecule has 1 aliphatic carbocycles. The third-order valence-electron chi connectivity index (χ3n) is 5.05. The molecule has 1 atom stereocenters. The number of nitrogens with zero attached hydrogens (tertiary/aromatic N) is 2. The van der Waals surface area contributed by atoms with Crippen LogP contribution >= 0.6 is 0 Å². The van der Waals surface area contributed by atoms with Crippen molar-refractivity contribution in [2.75, 3.05) is 20.2 Å². The molecular formula is C14H25N3O. The monoisotopic (exact) mass is 251 g/mol. The third-order valence-corrected chi connectivity index (χ3v) is 5.05. The minimum Gasteiger partial charge on any atom is -0.375 e. The van der Waals surface area contributed by atoms with Crippen LogP contribution in [0, 0.1) is 0 Å². The van der Waals surface area contributed by atoms with Crippen molar-refractivity contribution in [1.82, 2.24) is 4.90 Å². The molecule has 0 aromatic carbocycles. The zero-order chi connectivity index (χ0) is 12.6. The molecule has 0 bridgehead atoms. The molecule has 2 spiro atoms. The number of guanidine groups is 1. The molecule has 1 saturated carbocycles. The van der Waals surface area contributed by atoms with Crippen molar-refractivity contribution in [3.05, 3.63) is 0 Å². The molecule has 2 heterocycles. The van der Waals surface area contributed by atoms with Gasteiger partial charge in [0.2, 0.25) is 0 Å². The highest BCUT2D eigenvalue weighted by Crippen LogP contribution is 2.45. The first-order valence-corrected chi connectivity index (χ1v) is 7.34. The third kappa shape index (κ3) is 2.11. The molecular weight excluding hydrogens is 226 g/mol. The molecule has 1 saturated heterocycles. The van der Waals surface area contributed by atoms with E-state index >= 15 is 0 Å². The quantitative estimate of drug-likeness (QED) is 0.715. The van der Waals surface area contributed by atoms with Gasteiger partial charge in [-0.15, -0.1) is 0 Å². The summed E-state index contributed by atoms with van der Waals surface area (Å²) < 4.78 is 6.17. The lowest BCUT2D eigenvalue weighted by atomic mass is 9.71. The summed E-state index contributed by atoms with van der Waals surface area (Å²) in [6, 6.07) is 0. The fraction of sp³-hybridized carbons (Fsp3) is 0.929. The van der Waals surface area contributed by atoms with Gasteiger partial charge >= 0.3 is 0 Å². The van der Waals surface area contributed by atoms with Gasteiger partial charge in [-0.25, -0.2) is 4.99 Å². The molecule has 4 heteroatoms. The van der Waals surface area contributed by atoms with Crippen LogP contribution in [0.5, 0.6) is 0 Å². The van der Waals surface area contributed by atoms with Gasteiger partial charge in [0.25, 0.3) is 0 Å². The van der Waals surface area contributed by atoms with Crippen LogP contribution in [0.15, 0.2) is 4.99 Å². The highest BCUT2D eigenvalue weighted by Gasteiger charge is 2.47. The van der Waals surface area contributed by atoms with Crippen LogP contribution in [-0.4, -0.2) is 42.2 Å². The first kappa shape index (κ1) is 12.3. The van der Waals surface area contributed by atoms with Crippen molar-refractivity contribution in [1.29, 1.82) is 0 Å². The molecule has 0 radical (unpaired) electrons. The Hall–Kier alpha value is -0.770. The normalized spacial score (nSPS) is 35.8. The summed E-state index contributed by atoms with van der Waals surface area (Å²) in [4.78, 5) is 6.91. The Labute approximate surface area is 110 Å². The fourth-order valence-corrected chi connectivity index (χ4v) is 3.90. The summed E-state index contributed by atoms with van der Waals surface area (Å²) in [6.45, 7) is 1.89. The van der Waals surface area contributed by atoms with Crippen LogP contribution in [0.2, 0.25) is 0 Å². The number of ether oxygens (including phenoxy) is 1. The van der Waals surface area contributed by atoms with Crippen molar-refractivity contribution in [2.45, 2.75) is 62.5 Å². The smallest absolute Gasteiger partial charge is 0.191 e. The SMILES string of the molecule is CN1CCC2(CCOC3(CCCCC3)C2)N=C1N. The van der Waals surface area contributed by atoms with E-state index in [9.17, 15) is 0 Å². The molecule has 1 unspecified atom stereocenters. The molecule has 0 aromatic rings. The maximum atomic E-state index is 6.17. The number of nitrogens with two attached hydrogens (primary N) is 1. The Kier molecular flexibility index (Phi) is 3.00. The molecule has 2 N–H and O–H groups in total. The zero-order valence-electron chi connectivity index (χ0n) is 11.5. The molecule has 0 amide bonds. The minimum atomic E-state index is 0.0756. The average Bonchev–Trinajstić information content (AvgIpc) is 2.35. The maximum absolute atomic E-state index is 6.17. The largest absolute Gasteiger partial charge is 0.375 e. The lowest BCUT2D eigenvalue weighted by Gasteiger charge is -2.49. The van der Waals surface area contributed by atoms with E-state index in [0.29, 0.717) is 5.96 Å². The standard InChI is InChI=1S/C14H25N3O/c1-17-9-7-13(16-12(17)15)8-10-18-14(11-13)5-3-2-4-6-14/h2-11H2,1H3,(H2,15,16). The lowest BCUT2D eigenvalue weighted by molar-refractivity contribution is -0.125. The van der Waals surface area contributed by atoms with Crippen LogP contribution in [0.1, 0.15) is 51.4 Å². The van der Waals surface area contributed by atoms with Gasteiger partial charge in [0.1, 0.15) is 0 Å². The van der Waals surface area contributed by atoms with Gasteiger partial charge in [0.15, 0.2) is 5.96 Å². The van der Waals surface area contributed by atoms with Crippen LogP contribution in [0.4, 0.5) is 0 Å². The Morgan fingerprint density at radius 3 is 2.67 bits per heavy atom. The molecule has 0 aromatic heterocycles. The summed E-state index contributed by atoms with van der Waals surface area (Å²) in [5.41, 5.74) is 6.23. The predicted molar refractivity (Wildman–Crippen MR) is 72.6 cm³/mol. The Bertz CT molecular complexity index is 343. The van der Waals surface area contributed by atoms with Gasteiger partial charge in [0, 0.05) is 26.6 Å². The molecule has 102 valence electrons. The summed E-state index contributed by atoms with van der Waals surface area (Å²) >= 11 is 0. The van der Waals surface area contributed by atoms with E-state index in [1.54, 1.807) is 0 Å². The topological polar surface area (TPSA) is 50.8 Å². The predicted octanol–water partition coefficient (Wildman–Crippen LogP) is 1.89. The van der Waals surface area contributed by atoms with Crippen molar-refractivity contribution >= 4 is 5.96 Å². The van der Waals surface area contributed by atoms with Gasteiger partial charge in [-0.05, 0) is 25.7 Å². The van der Waals surface area contributed by atoms with Gasteiger partial charge in [-0.3, -0.25) is 0 Å². The Balaban J connectivity index is 1.81. The first-order chi connectivity index (χ1) is 8.63. The second-order valence-corrected chi connectivity index (χ2v) is 6.38. The van der Waals surface area contributed by atoms with E-state index < -0.39 is 0 Å². The maximum Gasteiger partial charge on any atom is 0.191 e. The van der Waals surface area contributed by atoms with E-state index in [4.69, 9.17) is 15.5 Å². The summed E-state index contributed by atoms with van der Waals surface area (Å²) in [5.74, 6) is 0.717.